The summed E-state index contributed by atoms with van der Waals surface area (Å²) >= 11 is 0. The van der Waals surface area contributed by atoms with Crippen molar-refractivity contribution in [2.45, 2.75) is 43.8 Å². The molecule has 0 saturated heterocycles. The quantitative estimate of drug-likeness (QED) is 0.893. The van der Waals surface area contributed by atoms with Crippen molar-refractivity contribution < 1.29 is 13.2 Å². The minimum Gasteiger partial charge on any atom is -0.326 e. The average Bonchev–Trinajstić information content (AvgIpc) is 2.29. The summed E-state index contributed by atoms with van der Waals surface area (Å²) in [4.78, 5) is 11.7. The Hall–Kier alpha value is -1.36. The molecule has 100 valence electrons. The van der Waals surface area contributed by atoms with E-state index in [9.17, 15) is 13.2 Å². The molecule has 1 rings (SSSR count). The van der Waals surface area contributed by atoms with Gasteiger partial charge < -0.3 is 5.32 Å². The molecule has 18 heavy (non-hydrogen) atoms. The monoisotopic (exact) mass is 269 g/mol. The first-order valence-corrected chi connectivity index (χ1v) is 7.56. The van der Waals surface area contributed by atoms with Gasteiger partial charge in [0.15, 0.2) is 9.84 Å². The van der Waals surface area contributed by atoms with Gasteiger partial charge in [-0.3, -0.25) is 4.79 Å². The third-order valence-corrected chi connectivity index (χ3v) is 4.73. The fraction of sp³-hybridized carbons (Fsp3) is 0.462. The number of rotatable bonds is 5. The zero-order chi connectivity index (χ0) is 13.8. The van der Waals surface area contributed by atoms with Crippen LogP contribution in [-0.4, -0.2) is 19.6 Å². The van der Waals surface area contributed by atoms with E-state index < -0.39 is 15.1 Å². The van der Waals surface area contributed by atoms with Crippen LogP contribution in [0.4, 0.5) is 5.69 Å². The molecule has 0 aliphatic heterocycles. The zero-order valence-corrected chi connectivity index (χ0v) is 11.8. The first kappa shape index (κ1) is 14.7. The van der Waals surface area contributed by atoms with Crippen LogP contribution >= 0.6 is 0 Å². The number of carbonyl (C=O) groups excluding carboxylic acids is 1. The summed E-state index contributed by atoms with van der Waals surface area (Å²) in [6.45, 7) is 5.22. The van der Waals surface area contributed by atoms with Gasteiger partial charge >= 0.3 is 0 Å². The first-order chi connectivity index (χ1) is 8.37. The topological polar surface area (TPSA) is 63.2 Å². The Balaban J connectivity index is 2.84. The van der Waals surface area contributed by atoms with E-state index in [4.69, 9.17) is 0 Å². The third-order valence-electron chi connectivity index (χ3n) is 2.56. The number of hydrogen-bond acceptors (Lipinski definition) is 3. The van der Waals surface area contributed by atoms with E-state index in [2.05, 4.69) is 5.32 Å². The maximum Gasteiger partial charge on any atom is 0.224 e. The molecule has 0 heterocycles. The number of anilines is 1. The maximum atomic E-state index is 11.9. The molecule has 4 nitrogen and oxygen atoms in total. The molecule has 0 aromatic heterocycles. The number of sulfone groups is 1. The zero-order valence-electron chi connectivity index (χ0n) is 10.9. The maximum absolute atomic E-state index is 11.9. The second kappa shape index (κ2) is 6.00. The molecule has 0 aliphatic carbocycles. The molecule has 0 fully saturated rings. The average molecular weight is 269 g/mol. The molecule has 1 aromatic rings. The molecule has 1 amide bonds. The number of hydrogen-bond donors (Lipinski definition) is 1. The lowest BCUT2D eigenvalue weighted by molar-refractivity contribution is -0.116. The molecule has 0 saturated carbocycles. The summed E-state index contributed by atoms with van der Waals surface area (Å²) < 4.78 is 23.8. The van der Waals surface area contributed by atoms with E-state index in [1.54, 1.807) is 26.0 Å². The smallest absolute Gasteiger partial charge is 0.224 e. The van der Waals surface area contributed by atoms with Gasteiger partial charge in [-0.15, -0.1) is 0 Å². The number of benzene rings is 1. The summed E-state index contributed by atoms with van der Waals surface area (Å²) in [5.74, 6) is -0.0584. The molecule has 0 bridgehead atoms. The highest BCUT2D eigenvalue weighted by Crippen LogP contribution is 2.18. The summed E-state index contributed by atoms with van der Waals surface area (Å²) in [6, 6.07) is 6.28. The number of nitrogens with one attached hydrogen (secondary N) is 1. The molecular formula is C13H19NO3S. The molecule has 1 N–H and O–H groups in total. The first-order valence-electron chi connectivity index (χ1n) is 6.01. The predicted molar refractivity (Wildman–Crippen MR) is 72.3 cm³/mol. The van der Waals surface area contributed by atoms with Crippen molar-refractivity contribution >= 4 is 21.4 Å². The van der Waals surface area contributed by atoms with Gasteiger partial charge in [0.2, 0.25) is 5.91 Å². The SMILES string of the molecule is CCCC(=O)Nc1ccc(S(=O)(=O)C(C)C)cc1. The normalized spacial score (nSPS) is 11.6. The van der Waals surface area contributed by atoms with E-state index >= 15 is 0 Å². The highest BCUT2D eigenvalue weighted by atomic mass is 32.2. The minimum absolute atomic E-state index is 0.0584. The van der Waals surface area contributed by atoms with Crippen molar-refractivity contribution in [2.24, 2.45) is 0 Å². The molecule has 0 atom stereocenters. The number of carbonyl (C=O) groups is 1. The van der Waals surface area contributed by atoms with Gasteiger partial charge in [0.1, 0.15) is 0 Å². The lowest BCUT2D eigenvalue weighted by atomic mass is 10.3. The van der Waals surface area contributed by atoms with Crippen LogP contribution in [0.25, 0.3) is 0 Å². The van der Waals surface area contributed by atoms with Gasteiger partial charge in [0.05, 0.1) is 10.1 Å². The summed E-state index contributed by atoms with van der Waals surface area (Å²) in [5, 5.41) is 2.27. The van der Waals surface area contributed by atoms with Crippen LogP contribution < -0.4 is 5.32 Å². The fourth-order valence-electron chi connectivity index (χ4n) is 1.45. The van der Waals surface area contributed by atoms with Crippen LogP contribution in [0, 0.1) is 0 Å². The lowest BCUT2D eigenvalue weighted by Crippen LogP contribution is -2.14. The van der Waals surface area contributed by atoms with E-state index in [0.29, 0.717) is 12.1 Å². The van der Waals surface area contributed by atoms with Gasteiger partial charge in [-0.25, -0.2) is 8.42 Å². The van der Waals surface area contributed by atoms with Crippen LogP contribution in [0.3, 0.4) is 0 Å². The third kappa shape index (κ3) is 3.57. The van der Waals surface area contributed by atoms with Crippen LogP contribution in [0.5, 0.6) is 0 Å². The summed E-state index contributed by atoms with van der Waals surface area (Å²) in [5.41, 5.74) is 0.621. The van der Waals surface area contributed by atoms with Gasteiger partial charge in [0.25, 0.3) is 0 Å². The Bertz CT molecular complexity index is 504. The Labute approximate surface area is 108 Å². The summed E-state index contributed by atoms with van der Waals surface area (Å²) in [6.07, 6.45) is 1.25. The fourth-order valence-corrected chi connectivity index (χ4v) is 2.51. The van der Waals surface area contributed by atoms with E-state index in [0.717, 1.165) is 6.42 Å². The molecular weight excluding hydrogens is 250 g/mol. The van der Waals surface area contributed by atoms with Crippen LogP contribution in [0.1, 0.15) is 33.6 Å². The Morgan fingerprint density at radius 2 is 1.78 bits per heavy atom. The Kier molecular flexibility index (Phi) is 4.90. The van der Waals surface area contributed by atoms with Gasteiger partial charge in [-0.05, 0) is 44.5 Å². The molecule has 0 aliphatic rings. The minimum atomic E-state index is -3.25. The molecule has 0 radical (unpaired) electrons. The van der Waals surface area contributed by atoms with Gasteiger partial charge in [-0.1, -0.05) is 6.92 Å². The van der Waals surface area contributed by atoms with Crippen molar-refractivity contribution in [1.82, 2.24) is 0 Å². The van der Waals surface area contributed by atoms with Crippen LogP contribution in [-0.2, 0) is 14.6 Å². The highest BCUT2D eigenvalue weighted by Gasteiger charge is 2.18. The van der Waals surface area contributed by atoms with Crippen LogP contribution in [0.2, 0.25) is 0 Å². The molecule has 5 heteroatoms. The van der Waals surface area contributed by atoms with Crippen molar-refractivity contribution in [3.63, 3.8) is 0 Å². The van der Waals surface area contributed by atoms with Gasteiger partial charge in [0, 0.05) is 12.1 Å². The lowest BCUT2D eigenvalue weighted by Gasteiger charge is -2.09. The van der Waals surface area contributed by atoms with Gasteiger partial charge in [-0.2, -0.15) is 0 Å². The Morgan fingerprint density at radius 1 is 1.22 bits per heavy atom. The molecule has 0 spiro atoms. The summed E-state index contributed by atoms with van der Waals surface area (Å²) in [7, 11) is -3.25. The van der Waals surface area contributed by atoms with E-state index in [1.807, 2.05) is 6.92 Å². The second-order valence-corrected chi connectivity index (χ2v) is 6.92. The standard InChI is InChI=1S/C13H19NO3S/c1-4-5-13(15)14-11-6-8-12(9-7-11)18(16,17)10(2)3/h6-10H,4-5H2,1-3H3,(H,14,15). The molecule has 0 unspecified atom stereocenters. The second-order valence-electron chi connectivity index (χ2n) is 4.42. The van der Waals surface area contributed by atoms with Crippen molar-refractivity contribution in [3.8, 4) is 0 Å². The van der Waals surface area contributed by atoms with Crippen molar-refractivity contribution in [2.75, 3.05) is 5.32 Å². The number of amides is 1. The predicted octanol–water partition coefficient (Wildman–Crippen LogP) is 2.61. The van der Waals surface area contributed by atoms with Crippen molar-refractivity contribution in [3.05, 3.63) is 24.3 Å². The van der Waals surface area contributed by atoms with E-state index in [-0.39, 0.29) is 10.8 Å². The van der Waals surface area contributed by atoms with E-state index in [1.165, 1.54) is 12.1 Å². The molecule has 1 aromatic carbocycles. The highest BCUT2D eigenvalue weighted by molar-refractivity contribution is 7.92. The van der Waals surface area contributed by atoms with Crippen LogP contribution in [0.15, 0.2) is 29.2 Å². The Morgan fingerprint density at radius 3 is 2.22 bits per heavy atom. The van der Waals surface area contributed by atoms with Crippen molar-refractivity contribution in [1.29, 1.82) is 0 Å². The largest absolute Gasteiger partial charge is 0.326 e.